The molecule has 49 heavy (non-hydrogen) atoms. The van der Waals surface area contributed by atoms with Gasteiger partial charge in [0.05, 0.1) is 34.1 Å². The second-order valence-electron chi connectivity index (χ2n) is 14.0. The van der Waals surface area contributed by atoms with E-state index in [1.54, 1.807) is 34.0 Å². The third kappa shape index (κ3) is 4.06. The zero-order valence-electron chi connectivity index (χ0n) is 28.4. The minimum Gasteiger partial charge on any atom is -0.435 e. The van der Waals surface area contributed by atoms with Crippen LogP contribution in [0.5, 0.6) is 5.75 Å². The Morgan fingerprint density at radius 3 is 2.04 bits per heavy atom. The Labute approximate surface area is 297 Å². The minimum absolute atomic E-state index is 0.268. The number of amides is 2. The highest BCUT2D eigenvalue weighted by molar-refractivity contribution is 7.20. The third-order valence-corrected chi connectivity index (χ3v) is 14.2. The number of likely N-dealkylation sites (N-methyl/N-ethyl adjacent to an activating group) is 1. The van der Waals surface area contributed by atoms with E-state index < -0.39 is 5.72 Å². The van der Waals surface area contributed by atoms with Crippen LogP contribution < -0.4 is 14.5 Å². The van der Waals surface area contributed by atoms with Crippen molar-refractivity contribution in [1.82, 2.24) is 0 Å². The SMILES string of the molecule is Cc1cc(C2=C(c3cc(C)sc3C)C(=O)N(c3ccc4sc5c(c4c3)[NH+](C)C3(C=Cc4c(ccc6ccccc46)O3)C5(C)C)C2=O)c(C)s1. The van der Waals surface area contributed by atoms with Crippen LogP contribution in [0.3, 0.4) is 0 Å². The summed E-state index contributed by atoms with van der Waals surface area (Å²) in [5.74, 6) is 0.344. The summed E-state index contributed by atoms with van der Waals surface area (Å²) in [6, 6.07) is 22.8. The Morgan fingerprint density at radius 1 is 0.755 bits per heavy atom. The molecule has 244 valence electrons. The summed E-state index contributed by atoms with van der Waals surface area (Å²) >= 11 is 5.08. The maximum atomic E-state index is 14.5. The highest BCUT2D eigenvalue weighted by Gasteiger charge is 2.64. The molecule has 6 heterocycles. The maximum Gasteiger partial charge on any atom is 0.276 e. The predicted octanol–water partition coefficient (Wildman–Crippen LogP) is 9.13. The van der Waals surface area contributed by atoms with E-state index in [0.29, 0.717) is 16.8 Å². The fraction of sp³-hybridized carbons (Fsp3) is 0.220. The molecule has 0 saturated heterocycles. The highest BCUT2D eigenvalue weighted by atomic mass is 32.1. The molecule has 0 saturated carbocycles. The number of benzene rings is 3. The normalized spacial score (nSPS) is 21.0. The summed E-state index contributed by atoms with van der Waals surface area (Å²) in [5.41, 5.74) is 4.51. The lowest BCUT2D eigenvalue weighted by Crippen LogP contribution is -3.14. The number of hydrogen-bond donors (Lipinski definition) is 1. The molecule has 2 amide bonds. The highest BCUT2D eigenvalue weighted by Crippen LogP contribution is 2.54. The minimum atomic E-state index is -0.669. The van der Waals surface area contributed by atoms with Gasteiger partial charge in [-0.1, -0.05) is 30.3 Å². The molecule has 2 unspecified atom stereocenters. The first kappa shape index (κ1) is 30.7. The van der Waals surface area contributed by atoms with Gasteiger partial charge in [-0.05, 0) is 94.8 Å². The molecule has 5 nitrogen and oxygen atoms in total. The topological polar surface area (TPSA) is 51.1 Å². The molecule has 1 N–H and O–H groups in total. The molecule has 6 aromatic rings. The van der Waals surface area contributed by atoms with Crippen molar-refractivity contribution in [3.8, 4) is 5.75 Å². The van der Waals surface area contributed by atoms with Crippen LogP contribution in [0.1, 0.15) is 54.9 Å². The van der Waals surface area contributed by atoms with Gasteiger partial charge in [0.15, 0.2) is 5.69 Å². The summed E-state index contributed by atoms with van der Waals surface area (Å²) in [6.07, 6.45) is 4.47. The van der Waals surface area contributed by atoms with Crippen LogP contribution in [0.25, 0.3) is 38.1 Å². The lowest BCUT2D eigenvalue weighted by atomic mass is 9.80. The van der Waals surface area contributed by atoms with Gasteiger partial charge in [0, 0.05) is 47.0 Å². The molecular formula is C41H35N2O3S3+. The van der Waals surface area contributed by atoms with E-state index in [9.17, 15) is 9.59 Å². The number of quaternary nitrogens is 1. The van der Waals surface area contributed by atoms with Gasteiger partial charge in [-0.3, -0.25) is 14.5 Å². The van der Waals surface area contributed by atoms with Crippen LogP contribution >= 0.6 is 34.0 Å². The number of fused-ring (bicyclic) bond motifs is 6. The number of carbonyl (C=O) groups excluding carboxylic acids is 2. The molecule has 3 aromatic carbocycles. The average Bonchev–Trinajstić information content (AvgIpc) is 3.82. The first-order valence-corrected chi connectivity index (χ1v) is 19.0. The number of carbonyl (C=O) groups is 2. The second kappa shape index (κ2) is 10.3. The number of thiophene rings is 3. The third-order valence-electron chi connectivity index (χ3n) is 10.7. The Morgan fingerprint density at radius 2 is 1.41 bits per heavy atom. The largest absolute Gasteiger partial charge is 0.435 e. The molecule has 0 fully saturated rings. The summed E-state index contributed by atoms with van der Waals surface area (Å²) in [7, 11) is 2.18. The molecule has 1 spiro atoms. The molecular weight excluding hydrogens is 665 g/mol. The quantitative estimate of drug-likeness (QED) is 0.188. The molecule has 0 bridgehead atoms. The fourth-order valence-electron chi connectivity index (χ4n) is 8.36. The summed E-state index contributed by atoms with van der Waals surface area (Å²) in [6.45, 7) is 12.7. The van der Waals surface area contributed by atoms with E-state index in [1.807, 2.05) is 52.0 Å². The average molecular weight is 700 g/mol. The lowest BCUT2D eigenvalue weighted by molar-refractivity contribution is -0.884. The van der Waals surface area contributed by atoms with Crippen molar-refractivity contribution in [3.05, 3.63) is 114 Å². The predicted molar refractivity (Wildman–Crippen MR) is 205 cm³/mol. The van der Waals surface area contributed by atoms with Crippen LogP contribution in [0.4, 0.5) is 11.4 Å². The van der Waals surface area contributed by atoms with Gasteiger partial charge in [-0.2, -0.15) is 0 Å². The zero-order chi connectivity index (χ0) is 34.1. The molecule has 3 aliphatic heterocycles. The Kier molecular flexibility index (Phi) is 6.48. The number of anilines is 1. The van der Waals surface area contributed by atoms with Crippen molar-refractivity contribution in [2.24, 2.45) is 0 Å². The lowest BCUT2D eigenvalue weighted by Gasteiger charge is -2.41. The zero-order valence-corrected chi connectivity index (χ0v) is 30.9. The summed E-state index contributed by atoms with van der Waals surface area (Å²) in [5, 5.41) is 3.41. The number of rotatable bonds is 3. The van der Waals surface area contributed by atoms with Crippen molar-refractivity contribution in [1.29, 1.82) is 0 Å². The molecule has 2 atom stereocenters. The number of nitrogens with one attached hydrogen (secondary N) is 1. The van der Waals surface area contributed by atoms with Crippen LogP contribution in [0.2, 0.25) is 0 Å². The monoisotopic (exact) mass is 699 g/mol. The van der Waals surface area contributed by atoms with Crippen LogP contribution in [-0.4, -0.2) is 24.6 Å². The van der Waals surface area contributed by atoms with Gasteiger partial charge in [0.1, 0.15) is 11.2 Å². The summed E-state index contributed by atoms with van der Waals surface area (Å²) < 4.78 is 8.21. The van der Waals surface area contributed by atoms with E-state index in [-0.39, 0.29) is 17.2 Å². The first-order valence-electron chi connectivity index (χ1n) is 16.5. The van der Waals surface area contributed by atoms with E-state index >= 15 is 0 Å². The number of nitrogens with zero attached hydrogens (tertiary/aromatic N) is 1. The number of ether oxygens (including phenoxy) is 1. The van der Waals surface area contributed by atoms with Crippen molar-refractivity contribution in [2.75, 3.05) is 11.9 Å². The van der Waals surface area contributed by atoms with Gasteiger partial charge in [-0.25, -0.2) is 4.90 Å². The van der Waals surface area contributed by atoms with E-state index in [2.05, 4.69) is 75.5 Å². The van der Waals surface area contributed by atoms with Crippen molar-refractivity contribution in [2.45, 2.75) is 52.7 Å². The number of hydrogen-bond acceptors (Lipinski definition) is 6. The molecule has 3 aromatic heterocycles. The van der Waals surface area contributed by atoms with Crippen molar-refractivity contribution in [3.63, 3.8) is 0 Å². The Balaban J connectivity index is 1.16. The first-order chi connectivity index (χ1) is 23.4. The Bertz CT molecular complexity index is 2460. The van der Waals surface area contributed by atoms with E-state index in [1.165, 1.54) is 20.5 Å². The molecule has 3 aliphatic rings. The fourth-order valence-corrected chi connectivity index (χ4v) is 11.6. The van der Waals surface area contributed by atoms with E-state index in [4.69, 9.17) is 4.74 Å². The number of imide groups is 1. The van der Waals surface area contributed by atoms with Crippen molar-refractivity contribution < 1.29 is 19.2 Å². The smallest absolute Gasteiger partial charge is 0.276 e. The molecule has 0 radical (unpaired) electrons. The van der Waals surface area contributed by atoms with Crippen molar-refractivity contribution >= 4 is 95.3 Å². The molecule has 8 heteroatoms. The van der Waals surface area contributed by atoms with Gasteiger partial charge < -0.3 is 4.74 Å². The summed E-state index contributed by atoms with van der Waals surface area (Å²) in [4.78, 5) is 37.2. The number of aryl methyl sites for hydroxylation is 4. The standard InChI is InChI=1S/C41H34N2O3S3/c1-21-18-29(23(3)47-21)34-35(30-19-22(2)48-24(30)4)39(45)43(38(34)44)26-13-15-33-31(20-26)36-37(49-33)40(5,6)41(42(36)7)17-16-28-27-11-9-8-10-25(27)12-14-32(28)46-41/h8-20H,1-7H3/p+1. The van der Waals surface area contributed by atoms with Crippen LogP contribution in [-0.2, 0) is 15.0 Å². The van der Waals surface area contributed by atoms with Gasteiger partial charge >= 0.3 is 0 Å². The van der Waals surface area contributed by atoms with Crippen LogP contribution in [0, 0.1) is 27.7 Å². The van der Waals surface area contributed by atoms with Gasteiger partial charge in [0.2, 0.25) is 0 Å². The van der Waals surface area contributed by atoms with Gasteiger partial charge in [0.25, 0.3) is 17.5 Å². The van der Waals surface area contributed by atoms with E-state index in [0.717, 1.165) is 62.6 Å². The maximum absolute atomic E-state index is 14.5. The molecule has 9 rings (SSSR count). The molecule has 0 aliphatic carbocycles. The second-order valence-corrected chi connectivity index (χ2v) is 17.9. The van der Waals surface area contributed by atoms with Crippen LogP contribution in [0.15, 0.2) is 72.8 Å². The van der Waals surface area contributed by atoms with Gasteiger partial charge in [-0.15, -0.1) is 34.0 Å². The Hall–Kier alpha value is -4.34.